The van der Waals surface area contributed by atoms with Crippen molar-refractivity contribution in [2.75, 3.05) is 0 Å². The van der Waals surface area contributed by atoms with E-state index in [9.17, 15) is 9.18 Å². The number of carbonyl (C=O) groups is 1. The van der Waals surface area contributed by atoms with E-state index in [2.05, 4.69) is 26.2 Å². The molecule has 104 valence electrons. The Labute approximate surface area is 125 Å². The van der Waals surface area contributed by atoms with Crippen LogP contribution in [0.2, 0.25) is 0 Å². The second-order valence-electron chi connectivity index (χ2n) is 4.46. The Bertz CT molecular complexity index is 604. The fraction of sp³-hybridized carbons (Fsp3) is 0.200. The predicted octanol–water partition coefficient (Wildman–Crippen LogP) is 3.40. The zero-order valence-electron chi connectivity index (χ0n) is 10.9. The van der Waals surface area contributed by atoms with Crippen molar-refractivity contribution in [3.8, 4) is 0 Å². The molecule has 0 saturated heterocycles. The van der Waals surface area contributed by atoms with E-state index in [4.69, 9.17) is 0 Å². The zero-order valence-corrected chi connectivity index (χ0v) is 12.5. The Morgan fingerprint density at radius 3 is 2.85 bits per heavy atom. The van der Waals surface area contributed by atoms with E-state index in [1.165, 1.54) is 12.1 Å². The molecule has 0 saturated carbocycles. The Balaban J connectivity index is 1.99. The van der Waals surface area contributed by atoms with Gasteiger partial charge < -0.3 is 5.32 Å². The predicted molar refractivity (Wildman–Crippen MR) is 78.6 cm³/mol. The average molecular weight is 337 g/mol. The third-order valence-electron chi connectivity index (χ3n) is 2.88. The first kappa shape index (κ1) is 14.7. The normalized spacial score (nSPS) is 11.9. The molecule has 1 N–H and O–H groups in total. The molecule has 1 atom stereocenters. The summed E-state index contributed by atoms with van der Waals surface area (Å²) < 4.78 is 13.6. The van der Waals surface area contributed by atoms with Crippen LogP contribution in [0.4, 0.5) is 4.39 Å². The summed E-state index contributed by atoms with van der Waals surface area (Å²) in [5.41, 5.74) is 1.55. The highest BCUT2D eigenvalue weighted by molar-refractivity contribution is 9.10. The molecule has 0 fully saturated rings. The van der Waals surface area contributed by atoms with Crippen LogP contribution in [-0.4, -0.2) is 10.9 Å². The van der Waals surface area contributed by atoms with Gasteiger partial charge in [-0.15, -0.1) is 0 Å². The molecular weight excluding hydrogens is 323 g/mol. The lowest BCUT2D eigenvalue weighted by Crippen LogP contribution is -2.28. The molecule has 0 aliphatic rings. The second-order valence-corrected chi connectivity index (χ2v) is 5.31. The van der Waals surface area contributed by atoms with Gasteiger partial charge in [0.05, 0.1) is 18.2 Å². The van der Waals surface area contributed by atoms with Gasteiger partial charge in [-0.3, -0.25) is 9.78 Å². The van der Waals surface area contributed by atoms with Crippen LogP contribution in [0, 0.1) is 5.82 Å². The van der Waals surface area contributed by atoms with Crippen molar-refractivity contribution < 1.29 is 9.18 Å². The summed E-state index contributed by atoms with van der Waals surface area (Å²) in [5.74, 6) is -0.460. The molecule has 1 amide bonds. The van der Waals surface area contributed by atoms with Crippen LogP contribution < -0.4 is 5.32 Å². The standard InChI is InChI=1S/C15H14BrFN2O/c1-10(14-4-2-3-7-18-14)19-15(20)8-11-5-6-12(17)9-13(11)16/h2-7,9-10H,8H2,1H3,(H,19,20)/t10-/m1/s1. The van der Waals surface area contributed by atoms with Gasteiger partial charge in [-0.1, -0.05) is 28.1 Å². The fourth-order valence-electron chi connectivity index (χ4n) is 1.84. The van der Waals surface area contributed by atoms with E-state index in [1.54, 1.807) is 12.3 Å². The van der Waals surface area contributed by atoms with Crippen molar-refractivity contribution in [1.29, 1.82) is 0 Å². The van der Waals surface area contributed by atoms with Crippen LogP contribution in [0.25, 0.3) is 0 Å². The Morgan fingerprint density at radius 2 is 2.20 bits per heavy atom. The molecule has 3 nitrogen and oxygen atoms in total. The third kappa shape index (κ3) is 3.87. The fourth-order valence-corrected chi connectivity index (χ4v) is 2.33. The van der Waals surface area contributed by atoms with E-state index in [0.29, 0.717) is 4.47 Å². The molecule has 1 aromatic carbocycles. The second kappa shape index (κ2) is 6.61. The summed E-state index contributed by atoms with van der Waals surface area (Å²) in [6.07, 6.45) is 1.88. The first-order valence-electron chi connectivity index (χ1n) is 6.20. The van der Waals surface area contributed by atoms with E-state index in [0.717, 1.165) is 11.3 Å². The molecular formula is C15H14BrFN2O. The third-order valence-corrected chi connectivity index (χ3v) is 3.61. The number of halogens is 2. The van der Waals surface area contributed by atoms with Crippen molar-refractivity contribution in [2.24, 2.45) is 0 Å². The van der Waals surface area contributed by atoms with Gasteiger partial charge in [0.15, 0.2) is 0 Å². The van der Waals surface area contributed by atoms with Crippen molar-refractivity contribution in [1.82, 2.24) is 10.3 Å². The lowest BCUT2D eigenvalue weighted by Gasteiger charge is -2.13. The number of aromatic nitrogens is 1. The molecule has 0 aliphatic carbocycles. The Morgan fingerprint density at radius 1 is 1.40 bits per heavy atom. The zero-order chi connectivity index (χ0) is 14.5. The molecule has 0 unspecified atom stereocenters. The number of nitrogens with one attached hydrogen (secondary N) is 1. The number of hydrogen-bond donors (Lipinski definition) is 1. The van der Waals surface area contributed by atoms with Crippen molar-refractivity contribution >= 4 is 21.8 Å². The van der Waals surface area contributed by atoms with Gasteiger partial charge in [0.1, 0.15) is 5.82 Å². The molecule has 0 aliphatic heterocycles. The lowest BCUT2D eigenvalue weighted by atomic mass is 10.1. The number of amides is 1. The number of nitrogens with zero attached hydrogens (tertiary/aromatic N) is 1. The quantitative estimate of drug-likeness (QED) is 0.929. The molecule has 2 aromatic rings. The van der Waals surface area contributed by atoms with Crippen molar-refractivity contribution in [3.05, 3.63) is 64.1 Å². The topological polar surface area (TPSA) is 42.0 Å². The number of rotatable bonds is 4. The van der Waals surface area contributed by atoms with E-state index in [1.807, 2.05) is 25.1 Å². The van der Waals surface area contributed by atoms with Gasteiger partial charge in [0.25, 0.3) is 0 Å². The maximum atomic E-state index is 13.0. The SMILES string of the molecule is C[C@@H](NC(=O)Cc1ccc(F)cc1Br)c1ccccn1. The van der Waals surface area contributed by atoms with Gasteiger partial charge in [0, 0.05) is 10.7 Å². The average Bonchev–Trinajstić information content (AvgIpc) is 2.43. The number of pyridine rings is 1. The van der Waals surface area contributed by atoms with Crippen molar-refractivity contribution in [2.45, 2.75) is 19.4 Å². The first-order chi connectivity index (χ1) is 9.56. The maximum Gasteiger partial charge on any atom is 0.224 e. The van der Waals surface area contributed by atoms with E-state index < -0.39 is 0 Å². The number of carbonyl (C=O) groups excluding carboxylic acids is 1. The molecule has 0 radical (unpaired) electrons. The van der Waals surface area contributed by atoms with Crippen LogP contribution in [0.1, 0.15) is 24.2 Å². The summed E-state index contributed by atoms with van der Waals surface area (Å²) in [7, 11) is 0. The minimum Gasteiger partial charge on any atom is -0.348 e. The minimum atomic E-state index is -0.331. The monoisotopic (exact) mass is 336 g/mol. The van der Waals surface area contributed by atoms with Crippen LogP contribution in [0.15, 0.2) is 47.1 Å². The Hall–Kier alpha value is -1.75. The molecule has 1 aromatic heterocycles. The highest BCUT2D eigenvalue weighted by Gasteiger charge is 2.12. The highest BCUT2D eigenvalue weighted by atomic mass is 79.9. The minimum absolute atomic E-state index is 0.129. The molecule has 0 bridgehead atoms. The molecule has 0 spiro atoms. The molecule has 20 heavy (non-hydrogen) atoms. The van der Waals surface area contributed by atoms with Gasteiger partial charge in [-0.05, 0) is 36.8 Å². The Kier molecular flexibility index (Phi) is 4.84. The van der Waals surface area contributed by atoms with Gasteiger partial charge in [-0.25, -0.2) is 4.39 Å². The van der Waals surface area contributed by atoms with Crippen LogP contribution in [-0.2, 0) is 11.2 Å². The molecule has 2 rings (SSSR count). The lowest BCUT2D eigenvalue weighted by molar-refractivity contribution is -0.121. The number of hydrogen-bond acceptors (Lipinski definition) is 2. The summed E-state index contributed by atoms with van der Waals surface area (Å²) in [5, 5.41) is 2.87. The van der Waals surface area contributed by atoms with Crippen LogP contribution in [0.3, 0.4) is 0 Å². The van der Waals surface area contributed by atoms with Gasteiger partial charge in [-0.2, -0.15) is 0 Å². The van der Waals surface area contributed by atoms with Crippen LogP contribution in [0.5, 0.6) is 0 Å². The van der Waals surface area contributed by atoms with E-state index >= 15 is 0 Å². The molecule has 5 heteroatoms. The summed E-state index contributed by atoms with van der Waals surface area (Å²) in [6.45, 7) is 1.87. The molecule has 1 heterocycles. The smallest absolute Gasteiger partial charge is 0.224 e. The van der Waals surface area contributed by atoms with Gasteiger partial charge >= 0.3 is 0 Å². The van der Waals surface area contributed by atoms with Gasteiger partial charge in [0.2, 0.25) is 5.91 Å². The van der Waals surface area contributed by atoms with Crippen molar-refractivity contribution in [3.63, 3.8) is 0 Å². The number of benzene rings is 1. The summed E-state index contributed by atoms with van der Waals surface area (Å²) >= 11 is 3.25. The maximum absolute atomic E-state index is 13.0. The highest BCUT2D eigenvalue weighted by Crippen LogP contribution is 2.19. The summed E-state index contributed by atoms with van der Waals surface area (Å²) in [6, 6.07) is 9.70. The largest absolute Gasteiger partial charge is 0.348 e. The first-order valence-corrected chi connectivity index (χ1v) is 7.00. The van der Waals surface area contributed by atoms with Crippen LogP contribution >= 0.6 is 15.9 Å². The van der Waals surface area contributed by atoms with E-state index in [-0.39, 0.29) is 24.2 Å². The summed E-state index contributed by atoms with van der Waals surface area (Å²) in [4.78, 5) is 16.2.